The third-order valence-electron chi connectivity index (χ3n) is 4.60. The van der Waals surface area contributed by atoms with Gasteiger partial charge in [-0.25, -0.2) is 4.79 Å². The molecule has 0 saturated heterocycles. The van der Waals surface area contributed by atoms with Gasteiger partial charge in [0.05, 0.1) is 20.3 Å². The van der Waals surface area contributed by atoms with Crippen LogP contribution in [-0.2, 0) is 20.7 Å². The molecule has 132 valence electrons. The first kappa shape index (κ1) is 18.3. The van der Waals surface area contributed by atoms with Gasteiger partial charge in [-0.05, 0) is 37.0 Å². The SMILES string of the molecule is COC(=O)C1(NC(=O)[C@@H](N)Cc2ccc(OC)cc2)CCCCC1. The molecule has 0 aromatic heterocycles. The topological polar surface area (TPSA) is 90.7 Å². The fraction of sp³-hybridized carbons (Fsp3) is 0.556. The summed E-state index contributed by atoms with van der Waals surface area (Å²) in [7, 11) is 2.95. The van der Waals surface area contributed by atoms with Crippen molar-refractivity contribution < 1.29 is 19.1 Å². The van der Waals surface area contributed by atoms with Crippen molar-refractivity contribution in [3.8, 4) is 5.75 Å². The van der Waals surface area contributed by atoms with Gasteiger partial charge in [0.1, 0.15) is 11.3 Å². The molecule has 24 heavy (non-hydrogen) atoms. The molecule has 1 aliphatic rings. The number of amides is 1. The lowest BCUT2D eigenvalue weighted by atomic mass is 9.81. The normalized spacial score (nSPS) is 17.6. The number of esters is 1. The molecule has 1 aliphatic carbocycles. The zero-order valence-electron chi connectivity index (χ0n) is 14.3. The van der Waals surface area contributed by atoms with Gasteiger partial charge in [-0.15, -0.1) is 0 Å². The second-order valence-corrected chi connectivity index (χ2v) is 6.28. The second-order valence-electron chi connectivity index (χ2n) is 6.28. The monoisotopic (exact) mass is 334 g/mol. The highest BCUT2D eigenvalue weighted by atomic mass is 16.5. The second kappa shape index (κ2) is 8.15. The van der Waals surface area contributed by atoms with Crippen molar-refractivity contribution in [2.75, 3.05) is 14.2 Å². The van der Waals surface area contributed by atoms with Crippen molar-refractivity contribution in [2.24, 2.45) is 5.73 Å². The van der Waals surface area contributed by atoms with Crippen molar-refractivity contribution >= 4 is 11.9 Å². The Morgan fingerprint density at radius 1 is 1.17 bits per heavy atom. The van der Waals surface area contributed by atoms with Crippen LogP contribution >= 0.6 is 0 Å². The van der Waals surface area contributed by atoms with E-state index < -0.39 is 11.6 Å². The lowest BCUT2D eigenvalue weighted by molar-refractivity contribution is -0.152. The maximum absolute atomic E-state index is 12.5. The van der Waals surface area contributed by atoms with Crippen molar-refractivity contribution in [1.82, 2.24) is 5.32 Å². The van der Waals surface area contributed by atoms with E-state index in [2.05, 4.69) is 5.32 Å². The van der Waals surface area contributed by atoms with Gasteiger partial charge >= 0.3 is 5.97 Å². The van der Waals surface area contributed by atoms with Crippen LogP contribution in [-0.4, -0.2) is 37.7 Å². The van der Waals surface area contributed by atoms with Crippen molar-refractivity contribution in [3.63, 3.8) is 0 Å². The van der Waals surface area contributed by atoms with Gasteiger partial charge in [0.2, 0.25) is 5.91 Å². The average Bonchev–Trinajstić information content (AvgIpc) is 2.62. The molecule has 0 spiro atoms. The fourth-order valence-electron chi connectivity index (χ4n) is 3.17. The summed E-state index contributed by atoms with van der Waals surface area (Å²) >= 11 is 0. The van der Waals surface area contributed by atoms with Crippen LogP contribution in [0, 0.1) is 0 Å². The number of rotatable bonds is 6. The van der Waals surface area contributed by atoms with Crippen LogP contribution in [0.2, 0.25) is 0 Å². The number of benzene rings is 1. The Morgan fingerprint density at radius 3 is 2.33 bits per heavy atom. The zero-order valence-corrected chi connectivity index (χ0v) is 14.3. The highest BCUT2D eigenvalue weighted by Gasteiger charge is 2.42. The number of carbonyl (C=O) groups excluding carboxylic acids is 2. The van der Waals surface area contributed by atoms with Gasteiger partial charge in [-0.1, -0.05) is 31.4 Å². The molecule has 6 nitrogen and oxygen atoms in total. The highest BCUT2D eigenvalue weighted by molar-refractivity contribution is 5.90. The van der Waals surface area contributed by atoms with E-state index in [0.29, 0.717) is 19.3 Å². The molecule has 3 N–H and O–H groups in total. The molecule has 1 amide bonds. The average molecular weight is 334 g/mol. The van der Waals surface area contributed by atoms with Crippen LogP contribution in [0.15, 0.2) is 24.3 Å². The summed E-state index contributed by atoms with van der Waals surface area (Å²) in [6, 6.07) is 6.70. The Morgan fingerprint density at radius 2 is 1.79 bits per heavy atom. The first-order valence-electron chi connectivity index (χ1n) is 8.30. The van der Waals surface area contributed by atoms with E-state index in [1.807, 2.05) is 24.3 Å². The summed E-state index contributed by atoms with van der Waals surface area (Å²) in [6.45, 7) is 0. The number of methoxy groups -OCH3 is 2. The lowest BCUT2D eigenvalue weighted by Gasteiger charge is -2.36. The standard InChI is InChI=1S/C18H26N2O4/c1-23-14-8-6-13(7-9-14)12-15(19)16(21)20-18(17(22)24-2)10-4-3-5-11-18/h6-9,15H,3-5,10-12,19H2,1-2H3,(H,20,21)/t15-/m0/s1. The number of hydrogen-bond acceptors (Lipinski definition) is 5. The van der Waals surface area contributed by atoms with E-state index in [-0.39, 0.29) is 11.9 Å². The first-order chi connectivity index (χ1) is 11.5. The summed E-state index contributed by atoms with van der Waals surface area (Å²) < 4.78 is 10.0. The van der Waals surface area contributed by atoms with Gasteiger partial charge in [0.25, 0.3) is 0 Å². The van der Waals surface area contributed by atoms with Crippen molar-refractivity contribution in [1.29, 1.82) is 0 Å². The van der Waals surface area contributed by atoms with Crippen LogP contribution < -0.4 is 15.8 Å². The van der Waals surface area contributed by atoms with E-state index in [0.717, 1.165) is 30.6 Å². The lowest BCUT2D eigenvalue weighted by Crippen LogP contribution is -2.59. The van der Waals surface area contributed by atoms with Crippen LogP contribution in [0.25, 0.3) is 0 Å². The molecule has 1 fully saturated rings. The predicted molar refractivity (Wildman–Crippen MR) is 90.6 cm³/mol. The Hall–Kier alpha value is -2.08. The van der Waals surface area contributed by atoms with Crippen LogP contribution in [0.3, 0.4) is 0 Å². The molecule has 0 aliphatic heterocycles. The molecule has 0 radical (unpaired) electrons. The predicted octanol–water partition coefficient (Wildman–Crippen LogP) is 1.56. The molecule has 2 rings (SSSR count). The molecule has 0 heterocycles. The number of ether oxygens (including phenoxy) is 2. The highest BCUT2D eigenvalue weighted by Crippen LogP contribution is 2.29. The van der Waals surface area contributed by atoms with Gasteiger partial charge in [-0.3, -0.25) is 4.79 Å². The molecule has 1 aromatic rings. The quantitative estimate of drug-likeness (QED) is 0.771. The van der Waals surface area contributed by atoms with E-state index in [1.165, 1.54) is 7.11 Å². The number of carbonyl (C=O) groups is 2. The van der Waals surface area contributed by atoms with Crippen molar-refractivity contribution in [3.05, 3.63) is 29.8 Å². The molecular weight excluding hydrogens is 308 g/mol. The molecule has 0 unspecified atom stereocenters. The molecule has 0 bridgehead atoms. The largest absolute Gasteiger partial charge is 0.497 e. The zero-order chi connectivity index (χ0) is 17.6. The van der Waals surface area contributed by atoms with E-state index in [9.17, 15) is 9.59 Å². The third kappa shape index (κ3) is 4.26. The van der Waals surface area contributed by atoms with E-state index >= 15 is 0 Å². The van der Waals surface area contributed by atoms with Gasteiger partial charge < -0.3 is 20.5 Å². The maximum Gasteiger partial charge on any atom is 0.331 e. The van der Waals surface area contributed by atoms with Gasteiger partial charge in [-0.2, -0.15) is 0 Å². The van der Waals surface area contributed by atoms with Crippen LogP contribution in [0.1, 0.15) is 37.7 Å². The molecule has 1 aromatic carbocycles. The summed E-state index contributed by atoms with van der Waals surface area (Å²) in [5, 5.41) is 2.86. The Bertz CT molecular complexity index is 565. The maximum atomic E-state index is 12.5. The number of hydrogen-bond donors (Lipinski definition) is 2. The summed E-state index contributed by atoms with van der Waals surface area (Å²) in [6.07, 6.45) is 4.44. The smallest absolute Gasteiger partial charge is 0.331 e. The molecule has 1 saturated carbocycles. The molecule has 1 atom stereocenters. The Labute approximate surface area is 142 Å². The third-order valence-corrected chi connectivity index (χ3v) is 4.60. The Kier molecular flexibility index (Phi) is 6.20. The molecular formula is C18H26N2O4. The van der Waals surface area contributed by atoms with Gasteiger partial charge in [0.15, 0.2) is 0 Å². The van der Waals surface area contributed by atoms with Crippen LogP contribution in [0.5, 0.6) is 5.75 Å². The summed E-state index contributed by atoms with van der Waals surface area (Å²) in [5.74, 6) is 0.0499. The number of nitrogens with two attached hydrogens (primary N) is 1. The van der Waals surface area contributed by atoms with Gasteiger partial charge in [0, 0.05) is 0 Å². The minimum Gasteiger partial charge on any atom is -0.497 e. The van der Waals surface area contributed by atoms with E-state index in [4.69, 9.17) is 15.2 Å². The van der Waals surface area contributed by atoms with E-state index in [1.54, 1.807) is 7.11 Å². The molecule has 6 heteroatoms. The minimum atomic E-state index is -0.929. The fourth-order valence-corrected chi connectivity index (χ4v) is 3.17. The summed E-state index contributed by atoms with van der Waals surface area (Å²) in [5.41, 5.74) is 6.05. The van der Waals surface area contributed by atoms with Crippen LogP contribution in [0.4, 0.5) is 0 Å². The van der Waals surface area contributed by atoms with Crippen molar-refractivity contribution in [2.45, 2.75) is 50.1 Å². The first-order valence-corrected chi connectivity index (χ1v) is 8.30. The summed E-state index contributed by atoms with van der Waals surface area (Å²) in [4.78, 5) is 24.7. The minimum absolute atomic E-state index is 0.321. The Balaban J connectivity index is 2.01. The number of nitrogens with one attached hydrogen (secondary N) is 1.